The van der Waals surface area contributed by atoms with E-state index >= 15 is 0 Å². The Labute approximate surface area is 146 Å². The van der Waals surface area contributed by atoms with Crippen LogP contribution >= 0.6 is 0 Å². The van der Waals surface area contributed by atoms with Crippen molar-refractivity contribution in [1.29, 1.82) is 0 Å². The van der Waals surface area contributed by atoms with Crippen LogP contribution in [0.15, 0.2) is 30.0 Å². The largest absolute Gasteiger partial charge is 0.419 e. The molecule has 1 aromatic rings. The van der Waals surface area contributed by atoms with E-state index in [9.17, 15) is 14.4 Å². The van der Waals surface area contributed by atoms with E-state index in [4.69, 9.17) is 9.47 Å². The molecule has 0 aromatic heterocycles. The molecule has 0 atom stereocenters. The smallest absolute Gasteiger partial charge is 0.350 e. The Bertz CT molecular complexity index is 715. The molecule has 0 aliphatic carbocycles. The number of carbonyl (C=O) groups is 3. The van der Waals surface area contributed by atoms with Gasteiger partial charge in [-0.05, 0) is 31.0 Å². The minimum atomic E-state index is -1.27. The topological polar surface area (TPSA) is 93.7 Å². The van der Waals surface area contributed by atoms with Crippen molar-refractivity contribution in [2.75, 3.05) is 10.6 Å². The van der Waals surface area contributed by atoms with Gasteiger partial charge in [-0.1, -0.05) is 13.0 Å². The quantitative estimate of drug-likeness (QED) is 0.484. The van der Waals surface area contributed by atoms with E-state index in [1.165, 1.54) is 20.0 Å². The normalized spacial score (nSPS) is 15.9. The van der Waals surface area contributed by atoms with E-state index in [1.807, 2.05) is 19.9 Å². The fourth-order valence-corrected chi connectivity index (χ4v) is 2.23. The maximum absolute atomic E-state index is 11.9. The molecule has 0 unspecified atom stereocenters. The molecule has 25 heavy (non-hydrogen) atoms. The maximum Gasteiger partial charge on any atom is 0.350 e. The summed E-state index contributed by atoms with van der Waals surface area (Å²) in [5, 5.41) is 5.70. The van der Waals surface area contributed by atoms with Crippen molar-refractivity contribution in [2.24, 2.45) is 0 Å². The second kappa shape index (κ2) is 7.38. The zero-order valence-corrected chi connectivity index (χ0v) is 14.8. The van der Waals surface area contributed by atoms with Crippen LogP contribution in [0, 0.1) is 6.92 Å². The molecule has 0 spiro atoms. The van der Waals surface area contributed by atoms with Gasteiger partial charge in [0.05, 0.1) is 0 Å². The van der Waals surface area contributed by atoms with E-state index in [1.54, 1.807) is 12.1 Å². The number of cyclic esters (lactones) is 2. The predicted molar refractivity (Wildman–Crippen MR) is 92.7 cm³/mol. The highest BCUT2D eigenvalue weighted by atomic mass is 16.7. The van der Waals surface area contributed by atoms with Crippen molar-refractivity contribution >= 4 is 29.2 Å². The fraction of sp³-hybridized carbons (Fsp3) is 0.389. The third-order valence-electron chi connectivity index (χ3n) is 3.49. The van der Waals surface area contributed by atoms with E-state index in [-0.39, 0.29) is 11.5 Å². The SMILES string of the molecule is CCCC(=O)Nc1ccc(C)c(NC=C2C(=O)OC(C)(C)OC2=O)c1. The second-order valence-electron chi connectivity index (χ2n) is 6.21. The number of amides is 1. The van der Waals surface area contributed by atoms with Crippen LogP contribution in [-0.4, -0.2) is 23.6 Å². The molecular formula is C18H22N2O5. The minimum absolute atomic E-state index is 0.0719. The van der Waals surface area contributed by atoms with Gasteiger partial charge in [-0.25, -0.2) is 9.59 Å². The summed E-state index contributed by atoms with van der Waals surface area (Å²) in [5.41, 5.74) is 1.93. The number of nitrogens with one attached hydrogen (secondary N) is 2. The predicted octanol–water partition coefficient (Wildman–Crippen LogP) is 2.87. The van der Waals surface area contributed by atoms with E-state index in [2.05, 4.69) is 10.6 Å². The first-order valence-electron chi connectivity index (χ1n) is 8.05. The molecule has 1 aliphatic heterocycles. The van der Waals surface area contributed by atoms with Crippen molar-refractivity contribution in [1.82, 2.24) is 0 Å². The Morgan fingerprint density at radius 2 is 1.84 bits per heavy atom. The lowest BCUT2D eigenvalue weighted by Crippen LogP contribution is -2.42. The standard InChI is InChI=1S/C18H22N2O5/c1-5-6-15(21)20-12-8-7-11(2)14(9-12)19-10-13-16(22)24-18(3,4)25-17(13)23/h7-10,19H,5-6H2,1-4H3,(H,20,21). The molecule has 1 saturated heterocycles. The first kappa shape index (κ1) is 18.5. The summed E-state index contributed by atoms with van der Waals surface area (Å²) in [6.45, 7) is 6.76. The molecule has 2 N–H and O–H groups in total. The molecule has 0 radical (unpaired) electrons. The van der Waals surface area contributed by atoms with Gasteiger partial charge in [-0.3, -0.25) is 4.79 Å². The van der Waals surface area contributed by atoms with Crippen LogP contribution in [0.2, 0.25) is 0 Å². The summed E-state index contributed by atoms with van der Waals surface area (Å²) < 4.78 is 10.1. The highest BCUT2D eigenvalue weighted by molar-refractivity contribution is 6.15. The molecule has 0 bridgehead atoms. The van der Waals surface area contributed by atoms with Crippen molar-refractivity contribution < 1.29 is 23.9 Å². The van der Waals surface area contributed by atoms with E-state index in [0.717, 1.165) is 12.0 Å². The number of esters is 2. The van der Waals surface area contributed by atoms with Gasteiger partial charge in [-0.15, -0.1) is 0 Å². The lowest BCUT2D eigenvalue weighted by molar-refractivity contribution is -0.222. The summed E-state index contributed by atoms with van der Waals surface area (Å²) in [7, 11) is 0. The Morgan fingerprint density at radius 1 is 1.20 bits per heavy atom. The molecule has 2 rings (SSSR count). The van der Waals surface area contributed by atoms with Gasteiger partial charge in [0.15, 0.2) is 5.57 Å². The zero-order chi connectivity index (χ0) is 18.6. The second-order valence-corrected chi connectivity index (χ2v) is 6.21. The van der Waals surface area contributed by atoms with Crippen LogP contribution in [-0.2, 0) is 23.9 Å². The van der Waals surface area contributed by atoms with E-state index < -0.39 is 17.7 Å². The van der Waals surface area contributed by atoms with Crippen LogP contribution < -0.4 is 10.6 Å². The van der Waals surface area contributed by atoms with Crippen molar-refractivity contribution in [3.05, 3.63) is 35.5 Å². The summed E-state index contributed by atoms with van der Waals surface area (Å²) in [5.74, 6) is -2.85. The first-order chi connectivity index (χ1) is 11.7. The van der Waals surface area contributed by atoms with Gasteiger partial charge >= 0.3 is 11.9 Å². The summed E-state index contributed by atoms with van der Waals surface area (Å²) >= 11 is 0. The Kier molecular flexibility index (Phi) is 5.46. The molecule has 7 heteroatoms. The highest BCUT2D eigenvalue weighted by Gasteiger charge is 2.38. The van der Waals surface area contributed by atoms with E-state index in [0.29, 0.717) is 17.8 Å². The van der Waals surface area contributed by atoms with Crippen molar-refractivity contribution in [2.45, 2.75) is 46.3 Å². The lowest BCUT2D eigenvalue weighted by Gasteiger charge is -2.29. The molecule has 134 valence electrons. The minimum Gasteiger partial charge on any atom is -0.419 e. The van der Waals surface area contributed by atoms with Crippen LogP contribution in [0.1, 0.15) is 39.2 Å². The fourth-order valence-electron chi connectivity index (χ4n) is 2.23. The molecule has 1 fully saturated rings. The molecule has 1 heterocycles. The van der Waals surface area contributed by atoms with Gasteiger partial charge in [0.25, 0.3) is 5.79 Å². The summed E-state index contributed by atoms with van der Waals surface area (Å²) in [6.07, 6.45) is 2.45. The number of hydrogen-bond acceptors (Lipinski definition) is 6. The van der Waals surface area contributed by atoms with Gasteiger partial charge in [0, 0.05) is 37.8 Å². The number of anilines is 2. The maximum atomic E-state index is 11.9. The van der Waals surface area contributed by atoms with Crippen LogP contribution in [0.3, 0.4) is 0 Å². The number of aryl methyl sites for hydroxylation is 1. The number of carbonyl (C=O) groups excluding carboxylic acids is 3. The zero-order valence-electron chi connectivity index (χ0n) is 14.8. The van der Waals surface area contributed by atoms with Crippen LogP contribution in [0.4, 0.5) is 11.4 Å². The van der Waals surface area contributed by atoms with Gasteiger partial charge in [-0.2, -0.15) is 0 Å². The van der Waals surface area contributed by atoms with Crippen molar-refractivity contribution in [3.8, 4) is 0 Å². The molecular weight excluding hydrogens is 324 g/mol. The average Bonchev–Trinajstić information content (AvgIpc) is 2.48. The first-order valence-corrected chi connectivity index (χ1v) is 8.05. The summed E-state index contributed by atoms with van der Waals surface area (Å²) in [6, 6.07) is 5.33. The van der Waals surface area contributed by atoms with Gasteiger partial charge < -0.3 is 20.1 Å². The molecule has 1 aromatic carbocycles. The number of hydrogen-bond donors (Lipinski definition) is 2. The Morgan fingerprint density at radius 3 is 2.44 bits per heavy atom. The highest BCUT2D eigenvalue weighted by Crippen LogP contribution is 2.24. The number of ether oxygens (including phenoxy) is 2. The molecule has 1 amide bonds. The van der Waals surface area contributed by atoms with Crippen molar-refractivity contribution in [3.63, 3.8) is 0 Å². The third-order valence-corrected chi connectivity index (χ3v) is 3.49. The monoisotopic (exact) mass is 346 g/mol. The lowest BCUT2D eigenvalue weighted by atomic mass is 10.1. The molecule has 0 saturated carbocycles. The summed E-state index contributed by atoms with van der Waals surface area (Å²) in [4.78, 5) is 35.5. The van der Waals surface area contributed by atoms with Gasteiger partial charge in [0.2, 0.25) is 5.91 Å². The van der Waals surface area contributed by atoms with Crippen LogP contribution in [0.25, 0.3) is 0 Å². The third kappa shape index (κ3) is 4.82. The Balaban J connectivity index is 2.15. The van der Waals surface area contributed by atoms with Gasteiger partial charge in [0.1, 0.15) is 0 Å². The number of benzene rings is 1. The molecule has 1 aliphatic rings. The molecule has 7 nitrogen and oxygen atoms in total. The van der Waals surface area contributed by atoms with Crippen LogP contribution in [0.5, 0.6) is 0 Å². The Hall–Kier alpha value is -2.83. The number of rotatable bonds is 5. The average molecular weight is 346 g/mol.